The lowest BCUT2D eigenvalue weighted by Crippen LogP contribution is -2.40. The third-order valence-corrected chi connectivity index (χ3v) is 5.96. The maximum Gasteiger partial charge on any atom is 0.0843 e. The highest BCUT2D eigenvalue weighted by Gasteiger charge is 2.09. The highest BCUT2D eigenvalue weighted by atomic mass is 79.9. The lowest BCUT2D eigenvalue weighted by atomic mass is 10.4. The maximum atomic E-state index is 5.32. The second kappa shape index (κ2) is 7.21. The predicted octanol–water partition coefficient (Wildman–Crippen LogP) is 2.69. The van der Waals surface area contributed by atoms with Gasteiger partial charge in [-0.3, -0.25) is 4.90 Å². The van der Waals surface area contributed by atoms with Gasteiger partial charge >= 0.3 is 0 Å². The van der Waals surface area contributed by atoms with Crippen LogP contribution in [0.15, 0.2) is 14.3 Å². The lowest BCUT2D eigenvalue weighted by molar-refractivity contribution is 0.0384. The van der Waals surface area contributed by atoms with Crippen molar-refractivity contribution in [3.8, 4) is 0 Å². The molecule has 96 valence electrons. The third-order valence-electron chi connectivity index (χ3n) is 2.70. The summed E-state index contributed by atoms with van der Waals surface area (Å²) in [5.41, 5.74) is 0. The zero-order valence-electron chi connectivity index (χ0n) is 9.55. The van der Waals surface area contributed by atoms with Crippen LogP contribution in [0.5, 0.6) is 0 Å². The summed E-state index contributed by atoms with van der Waals surface area (Å²) >= 11 is 8.78. The summed E-state index contributed by atoms with van der Waals surface area (Å²) in [7, 11) is 0. The van der Waals surface area contributed by atoms with E-state index in [-0.39, 0.29) is 0 Å². The summed E-state index contributed by atoms with van der Waals surface area (Å²) in [6, 6.07) is 2.16. The summed E-state index contributed by atoms with van der Waals surface area (Å²) in [6.07, 6.45) is 0. The molecule has 17 heavy (non-hydrogen) atoms. The van der Waals surface area contributed by atoms with Gasteiger partial charge in [0.25, 0.3) is 0 Å². The quantitative estimate of drug-likeness (QED) is 0.791. The molecule has 1 aromatic rings. The zero-order chi connectivity index (χ0) is 12.1. The van der Waals surface area contributed by atoms with Crippen LogP contribution in [0.3, 0.4) is 0 Å². The molecular formula is C11H16Br2N2OS. The number of thiophene rings is 1. The first kappa shape index (κ1) is 14.0. The van der Waals surface area contributed by atoms with Crippen LogP contribution >= 0.6 is 43.2 Å². The number of nitrogens with one attached hydrogen (secondary N) is 1. The fraction of sp³-hybridized carbons (Fsp3) is 0.636. The number of morpholine rings is 1. The highest BCUT2D eigenvalue weighted by Crippen LogP contribution is 2.32. The van der Waals surface area contributed by atoms with Gasteiger partial charge in [0.15, 0.2) is 0 Å². The monoisotopic (exact) mass is 382 g/mol. The summed E-state index contributed by atoms with van der Waals surface area (Å²) in [5, 5.41) is 3.48. The molecular weight excluding hydrogens is 368 g/mol. The van der Waals surface area contributed by atoms with Gasteiger partial charge in [-0.15, -0.1) is 11.3 Å². The Hall–Kier alpha value is 0.540. The van der Waals surface area contributed by atoms with E-state index in [1.165, 1.54) is 8.66 Å². The number of hydrogen-bond donors (Lipinski definition) is 1. The van der Waals surface area contributed by atoms with Gasteiger partial charge in [0.2, 0.25) is 0 Å². The van der Waals surface area contributed by atoms with Gasteiger partial charge in [0.05, 0.1) is 17.0 Å². The number of halogens is 2. The van der Waals surface area contributed by atoms with Crippen LogP contribution in [0.1, 0.15) is 4.88 Å². The molecule has 1 fully saturated rings. The molecule has 0 atom stereocenters. The van der Waals surface area contributed by atoms with Gasteiger partial charge in [0.1, 0.15) is 0 Å². The standard InChI is InChI=1S/C11H16Br2N2OS/c12-10-7-9(17-11(10)13)8-14-1-2-15-3-5-16-6-4-15/h7,14H,1-6,8H2. The summed E-state index contributed by atoms with van der Waals surface area (Å²) in [6.45, 7) is 6.98. The van der Waals surface area contributed by atoms with E-state index in [0.717, 1.165) is 50.4 Å². The van der Waals surface area contributed by atoms with Gasteiger partial charge in [0, 0.05) is 42.1 Å². The molecule has 0 aliphatic carbocycles. The first-order valence-electron chi connectivity index (χ1n) is 5.70. The van der Waals surface area contributed by atoms with E-state index in [4.69, 9.17) is 4.74 Å². The molecule has 1 aliphatic rings. The van der Waals surface area contributed by atoms with E-state index in [1.807, 2.05) is 0 Å². The topological polar surface area (TPSA) is 24.5 Å². The summed E-state index contributed by atoms with van der Waals surface area (Å²) in [5.74, 6) is 0. The lowest BCUT2D eigenvalue weighted by Gasteiger charge is -2.26. The largest absolute Gasteiger partial charge is 0.379 e. The Morgan fingerprint density at radius 1 is 1.35 bits per heavy atom. The van der Waals surface area contributed by atoms with E-state index in [1.54, 1.807) is 11.3 Å². The Morgan fingerprint density at radius 3 is 2.76 bits per heavy atom. The van der Waals surface area contributed by atoms with E-state index in [9.17, 15) is 0 Å². The molecule has 2 heterocycles. The maximum absolute atomic E-state index is 5.32. The fourth-order valence-corrected chi connectivity index (χ4v) is 3.90. The third kappa shape index (κ3) is 4.61. The molecule has 1 aliphatic heterocycles. The molecule has 0 amide bonds. The minimum absolute atomic E-state index is 0.880. The predicted molar refractivity (Wildman–Crippen MR) is 78.7 cm³/mol. The molecule has 0 radical (unpaired) electrons. The number of hydrogen-bond acceptors (Lipinski definition) is 4. The zero-order valence-corrected chi connectivity index (χ0v) is 13.5. The minimum atomic E-state index is 0.880. The fourth-order valence-electron chi connectivity index (χ4n) is 1.75. The SMILES string of the molecule is Brc1cc(CNCCN2CCOCC2)sc1Br. The van der Waals surface area contributed by atoms with Gasteiger partial charge in [-0.25, -0.2) is 0 Å². The van der Waals surface area contributed by atoms with Crippen LogP contribution in [0.4, 0.5) is 0 Å². The van der Waals surface area contributed by atoms with Crippen LogP contribution in [-0.4, -0.2) is 44.3 Å². The van der Waals surface area contributed by atoms with E-state index in [2.05, 4.69) is 48.1 Å². The molecule has 0 saturated carbocycles. The van der Waals surface area contributed by atoms with Gasteiger partial charge in [-0.05, 0) is 37.9 Å². The van der Waals surface area contributed by atoms with Gasteiger partial charge in [-0.2, -0.15) is 0 Å². The van der Waals surface area contributed by atoms with Gasteiger partial charge < -0.3 is 10.1 Å². The van der Waals surface area contributed by atoms with Crippen molar-refractivity contribution < 1.29 is 4.74 Å². The Labute approximate surface area is 123 Å². The van der Waals surface area contributed by atoms with Crippen LogP contribution in [-0.2, 0) is 11.3 Å². The molecule has 1 aromatic heterocycles. The second-order valence-corrected chi connectivity index (χ2v) is 7.27. The number of ether oxygens (including phenoxy) is 1. The Kier molecular flexibility index (Phi) is 5.92. The van der Waals surface area contributed by atoms with Crippen LogP contribution in [0.25, 0.3) is 0 Å². The van der Waals surface area contributed by atoms with Crippen molar-refractivity contribution in [2.75, 3.05) is 39.4 Å². The van der Waals surface area contributed by atoms with E-state index in [0.29, 0.717) is 0 Å². The van der Waals surface area contributed by atoms with E-state index >= 15 is 0 Å². The molecule has 3 nitrogen and oxygen atoms in total. The average molecular weight is 384 g/mol. The van der Waals surface area contributed by atoms with Crippen molar-refractivity contribution in [3.05, 3.63) is 19.2 Å². The van der Waals surface area contributed by atoms with Crippen molar-refractivity contribution in [1.82, 2.24) is 10.2 Å². The summed E-state index contributed by atoms with van der Waals surface area (Å²) < 4.78 is 7.64. The van der Waals surface area contributed by atoms with Crippen LogP contribution in [0.2, 0.25) is 0 Å². The van der Waals surface area contributed by atoms with Gasteiger partial charge in [-0.1, -0.05) is 0 Å². The minimum Gasteiger partial charge on any atom is -0.379 e. The summed E-state index contributed by atoms with van der Waals surface area (Å²) in [4.78, 5) is 3.79. The molecule has 6 heteroatoms. The van der Waals surface area contributed by atoms with Crippen LogP contribution < -0.4 is 5.32 Å². The molecule has 0 aromatic carbocycles. The van der Waals surface area contributed by atoms with Crippen molar-refractivity contribution in [3.63, 3.8) is 0 Å². The molecule has 0 bridgehead atoms. The Bertz CT molecular complexity index is 334. The van der Waals surface area contributed by atoms with Crippen molar-refractivity contribution in [2.45, 2.75) is 6.54 Å². The van der Waals surface area contributed by atoms with E-state index < -0.39 is 0 Å². The van der Waals surface area contributed by atoms with Crippen LogP contribution in [0, 0.1) is 0 Å². The molecule has 2 rings (SSSR count). The van der Waals surface area contributed by atoms with Crippen molar-refractivity contribution in [1.29, 1.82) is 0 Å². The average Bonchev–Trinajstić information content (AvgIpc) is 2.66. The highest BCUT2D eigenvalue weighted by molar-refractivity contribution is 9.13. The Morgan fingerprint density at radius 2 is 2.12 bits per heavy atom. The second-order valence-electron chi connectivity index (χ2n) is 3.97. The number of nitrogens with zero attached hydrogens (tertiary/aromatic N) is 1. The number of rotatable bonds is 5. The molecule has 0 spiro atoms. The first-order chi connectivity index (χ1) is 8.25. The smallest absolute Gasteiger partial charge is 0.0843 e. The van der Waals surface area contributed by atoms with Crippen molar-refractivity contribution >= 4 is 43.2 Å². The normalized spacial score (nSPS) is 17.5. The first-order valence-corrected chi connectivity index (χ1v) is 8.10. The molecule has 1 N–H and O–H groups in total. The van der Waals surface area contributed by atoms with Crippen molar-refractivity contribution in [2.24, 2.45) is 0 Å². The molecule has 0 unspecified atom stereocenters. The molecule has 1 saturated heterocycles. The Balaban J connectivity index is 1.62.